The number of rotatable bonds is 3. The number of phenols is 1. The Balaban J connectivity index is 2.09. The minimum atomic E-state index is -0.294. The van der Waals surface area contributed by atoms with E-state index in [1.54, 1.807) is 19.1 Å². The third kappa shape index (κ3) is 2.50. The second-order valence-electron chi connectivity index (χ2n) is 4.85. The minimum Gasteiger partial charge on any atom is -0.504 e. The molecule has 0 unspecified atom stereocenters. The average Bonchev–Trinajstić information content (AvgIpc) is 2.50. The van der Waals surface area contributed by atoms with Crippen LogP contribution in [0.25, 0.3) is 10.9 Å². The van der Waals surface area contributed by atoms with Crippen molar-refractivity contribution in [2.45, 2.75) is 6.92 Å². The largest absolute Gasteiger partial charge is 0.504 e. The Morgan fingerprint density at radius 1 is 1.18 bits per heavy atom. The highest BCUT2D eigenvalue weighted by Gasteiger charge is 2.10. The summed E-state index contributed by atoms with van der Waals surface area (Å²) in [6, 6.07) is 7.62. The number of phenolic OH excluding ortho intramolecular Hbond substituents is 1. The maximum absolute atomic E-state index is 13.2. The molecule has 2 N–H and O–H groups in total. The van der Waals surface area contributed by atoms with Gasteiger partial charge in [0.05, 0.1) is 12.6 Å². The van der Waals surface area contributed by atoms with Crippen LogP contribution in [0.5, 0.6) is 11.5 Å². The van der Waals surface area contributed by atoms with Crippen LogP contribution >= 0.6 is 0 Å². The lowest BCUT2D eigenvalue weighted by molar-refractivity contribution is 0.374. The predicted molar refractivity (Wildman–Crippen MR) is 82.2 cm³/mol. The molecular formula is C16H14FN3O2. The summed E-state index contributed by atoms with van der Waals surface area (Å²) in [7, 11) is 1.48. The zero-order chi connectivity index (χ0) is 15.7. The highest BCUT2D eigenvalue weighted by atomic mass is 19.1. The van der Waals surface area contributed by atoms with Gasteiger partial charge in [-0.3, -0.25) is 0 Å². The molecule has 1 aromatic heterocycles. The summed E-state index contributed by atoms with van der Waals surface area (Å²) < 4.78 is 18.2. The zero-order valence-corrected chi connectivity index (χ0v) is 12.1. The maximum atomic E-state index is 13.2. The fourth-order valence-corrected chi connectivity index (χ4v) is 2.23. The van der Waals surface area contributed by atoms with Crippen molar-refractivity contribution >= 4 is 22.4 Å². The molecule has 2 aromatic carbocycles. The quantitative estimate of drug-likeness (QED) is 0.774. The molecule has 0 radical (unpaired) electrons. The second kappa shape index (κ2) is 5.48. The van der Waals surface area contributed by atoms with Gasteiger partial charge in [0.2, 0.25) is 0 Å². The SMILES string of the molecule is COc1cc2ncnc(Nc3ccc(F)cc3C)c2cc1O. The summed E-state index contributed by atoms with van der Waals surface area (Å²) in [5.74, 6) is 0.578. The van der Waals surface area contributed by atoms with E-state index < -0.39 is 0 Å². The number of anilines is 2. The van der Waals surface area contributed by atoms with E-state index in [4.69, 9.17) is 4.74 Å². The van der Waals surface area contributed by atoms with Gasteiger partial charge in [-0.25, -0.2) is 14.4 Å². The normalized spacial score (nSPS) is 10.7. The third-order valence-corrected chi connectivity index (χ3v) is 3.38. The van der Waals surface area contributed by atoms with E-state index in [1.807, 2.05) is 0 Å². The second-order valence-corrected chi connectivity index (χ2v) is 4.85. The van der Waals surface area contributed by atoms with Crippen LogP contribution in [0.3, 0.4) is 0 Å². The van der Waals surface area contributed by atoms with Crippen LogP contribution < -0.4 is 10.1 Å². The molecule has 0 spiro atoms. The summed E-state index contributed by atoms with van der Waals surface area (Å²) in [6.45, 7) is 1.80. The van der Waals surface area contributed by atoms with Crippen LogP contribution in [0.1, 0.15) is 5.56 Å². The monoisotopic (exact) mass is 299 g/mol. The Hall–Kier alpha value is -2.89. The molecule has 3 aromatic rings. The Morgan fingerprint density at radius 3 is 2.73 bits per heavy atom. The Morgan fingerprint density at radius 2 is 2.00 bits per heavy atom. The molecule has 0 aliphatic rings. The van der Waals surface area contributed by atoms with Crippen molar-refractivity contribution in [1.29, 1.82) is 0 Å². The number of benzene rings is 2. The Bertz CT molecular complexity index is 852. The van der Waals surface area contributed by atoms with E-state index in [0.717, 1.165) is 11.3 Å². The minimum absolute atomic E-state index is 0.00341. The van der Waals surface area contributed by atoms with E-state index in [-0.39, 0.29) is 11.6 Å². The van der Waals surface area contributed by atoms with Gasteiger partial charge in [-0.15, -0.1) is 0 Å². The van der Waals surface area contributed by atoms with Crippen molar-refractivity contribution in [3.8, 4) is 11.5 Å². The molecule has 0 bridgehead atoms. The number of aryl methyl sites for hydroxylation is 1. The molecule has 0 amide bonds. The standard InChI is InChI=1S/C16H14FN3O2/c1-9-5-10(17)3-4-12(9)20-16-11-6-14(21)15(22-2)7-13(11)18-8-19-16/h3-8,21H,1-2H3,(H,18,19,20). The van der Waals surface area contributed by atoms with Gasteiger partial charge in [-0.05, 0) is 36.8 Å². The van der Waals surface area contributed by atoms with Gasteiger partial charge in [0, 0.05) is 17.1 Å². The molecule has 5 nitrogen and oxygen atoms in total. The van der Waals surface area contributed by atoms with Gasteiger partial charge in [0.25, 0.3) is 0 Å². The molecular weight excluding hydrogens is 285 g/mol. The van der Waals surface area contributed by atoms with Crippen molar-refractivity contribution in [2.24, 2.45) is 0 Å². The predicted octanol–water partition coefficient (Wildman–Crippen LogP) is 3.54. The van der Waals surface area contributed by atoms with Gasteiger partial charge in [0.15, 0.2) is 11.5 Å². The van der Waals surface area contributed by atoms with Gasteiger partial charge >= 0.3 is 0 Å². The summed E-state index contributed by atoms with van der Waals surface area (Å²) in [6.07, 6.45) is 1.42. The van der Waals surface area contributed by atoms with Crippen molar-refractivity contribution < 1.29 is 14.2 Å². The first-order valence-corrected chi connectivity index (χ1v) is 6.63. The Labute approximate surface area is 126 Å². The molecule has 112 valence electrons. The first-order valence-electron chi connectivity index (χ1n) is 6.63. The molecule has 3 rings (SSSR count). The molecule has 0 aliphatic heterocycles. The molecule has 0 saturated heterocycles. The Kier molecular flexibility index (Phi) is 3.50. The van der Waals surface area contributed by atoms with Crippen LogP contribution in [-0.4, -0.2) is 22.2 Å². The van der Waals surface area contributed by atoms with Crippen LogP contribution in [0.2, 0.25) is 0 Å². The summed E-state index contributed by atoms with van der Waals surface area (Å²) in [5.41, 5.74) is 2.12. The number of hydrogen-bond acceptors (Lipinski definition) is 5. The number of hydrogen-bond donors (Lipinski definition) is 2. The van der Waals surface area contributed by atoms with Gasteiger partial charge in [0.1, 0.15) is 18.0 Å². The number of methoxy groups -OCH3 is 1. The van der Waals surface area contributed by atoms with Gasteiger partial charge in [-0.1, -0.05) is 0 Å². The van der Waals surface area contributed by atoms with Crippen LogP contribution in [0.15, 0.2) is 36.7 Å². The zero-order valence-electron chi connectivity index (χ0n) is 12.1. The van der Waals surface area contributed by atoms with Crippen LogP contribution in [0.4, 0.5) is 15.9 Å². The molecule has 1 heterocycles. The fraction of sp³-hybridized carbons (Fsp3) is 0.125. The number of halogens is 1. The number of fused-ring (bicyclic) bond motifs is 1. The van der Waals surface area contributed by atoms with E-state index >= 15 is 0 Å². The molecule has 6 heteroatoms. The third-order valence-electron chi connectivity index (χ3n) is 3.38. The lowest BCUT2D eigenvalue weighted by Gasteiger charge is -2.12. The van der Waals surface area contributed by atoms with E-state index in [9.17, 15) is 9.50 Å². The topological polar surface area (TPSA) is 67.3 Å². The number of aromatic hydroxyl groups is 1. The van der Waals surface area contributed by atoms with E-state index in [1.165, 1.54) is 31.6 Å². The van der Waals surface area contributed by atoms with Gasteiger partial charge in [-0.2, -0.15) is 0 Å². The lowest BCUT2D eigenvalue weighted by atomic mass is 10.1. The van der Waals surface area contributed by atoms with Gasteiger partial charge < -0.3 is 15.2 Å². The summed E-state index contributed by atoms with van der Waals surface area (Å²) in [5, 5.41) is 13.7. The maximum Gasteiger partial charge on any atom is 0.162 e. The van der Waals surface area contributed by atoms with Crippen LogP contribution in [0, 0.1) is 12.7 Å². The van der Waals surface area contributed by atoms with E-state index in [2.05, 4.69) is 15.3 Å². The average molecular weight is 299 g/mol. The number of nitrogens with one attached hydrogen (secondary N) is 1. The highest BCUT2D eigenvalue weighted by molar-refractivity contribution is 5.93. The molecule has 0 fully saturated rings. The van der Waals surface area contributed by atoms with Crippen molar-refractivity contribution in [1.82, 2.24) is 9.97 Å². The molecule has 0 saturated carbocycles. The van der Waals surface area contributed by atoms with Crippen molar-refractivity contribution in [3.05, 3.63) is 48.0 Å². The van der Waals surface area contributed by atoms with E-state index in [0.29, 0.717) is 22.5 Å². The van der Waals surface area contributed by atoms with Crippen LogP contribution in [-0.2, 0) is 0 Å². The summed E-state index contributed by atoms with van der Waals surface area (Å²) >= 11 is 0. The highest BCUT2D eigenvalue weighted by Crippen LogP contribution is 2.33. The lowest BCUT2D eigenvalue weighted by Crippen LogP contribution is -1.98. The molecule has 22 heavy (non-hydrogen) atoms. The molecule has 0 aliphatic carbocycles. The fourth-order valence-electron chi connectivity index (χ4n) is 2.23. The smallest absolute Gasteiger partial charge is 0.162 e. The first kappa shape index (κ1) is 14.1. The van der Waals surface area contributed by atoms with Crippen molar-refractivity contribution in [2.75, 3.05) is 12.4 Å². The van der Waals surface area contributed by atoms with Crippen molar-refractivity contribution in [3.63, 3.8) is 0 Å². The first-order chi connectivity index (χ1) is 10.6. The number of aromatic nitrogens is 2. The summed E-state index contributed by atoms with van der Waals surface area (Å²) in [4.78, 5) is 8.36. The number of nitrogens with zero attached hydrogens (tertiary/aromatic N) is 2. The number of ether oxygens (including phenoxy) is 1. The molecule has 0 atom stereocenters.